The van der Waals surface area contributed by atoms with Crippen molar-refractivity contribution < 1.29 is 37.9 Å². The van der Waals surface area contributed by atoms with E-state index in [1.807, 2.05) is 0 Å². The molecule has 19 rings (SSSR count). The van der Waals surface area contributed by atoms with Crippen molar-refractivity contribution in [2.75, 3.05) is 79.3 Å². The van der Waals surface area contributed by atoms with Crippen molar-refractivity contribution in [3.8, 4) is 80.1 Å². The summed E-state index contributed by atoms with van der Waals surface area (Å²) in [5.74, 6) is 18.8. The van der Waals surface area contributed by atoms with Crippen molar-refractivity contribution >= 4 is 90.7 Å². The van der Waals surface area contributed by atoms with E-state index in [4.69, 9.17) is 57.8 Å². The molecule has 0 saturated heterocycles. The van der Waals surface area contributed by atoms with E-state index >= 15 is 0 Å². The van der Waals surface area contributed by atoms with Gasteiger partial charge in [0.15, 0.2) is 0 Å². The first-order valence-electron chi connectivity index (χ1n) is 50.4. The highest BCUT2D eigenvalue weighted by atomic mass is 16.6. The zero-order valence-corrected chi connectivity index (χ0v) is 82.1. The van der Waals surface area contributed by atoms with Crippen LogP contribution in [0, 0.1) is 30.6 Å². The molecule has 1 aliphatic carbocycles. The van der Waals surface area contributed by atoms with Gasteiger partial charge in [0.25, 0.3) is 0 Å². The van der Waals surface area contributed by atoms with Gasteiger partial charge in [0.2, 0.25) is 0 Å². The summed E-state index contributed by atoms with van der Waals surface area (Å²) in [5.41, 5.74) is 42.9. The second-order valence-corrected chi connectivity index (χ2v) is 36.3. The molecule has 16 nitrogen and oxygen atoms in total. The second kappa shape index (κ2) is 43.3. The van der Waals surface area contributed by atoms with Gasteiger partial charge in [0.1, 0.15) is 36.2 Å². The molecule has 26 bridgehead atoms. The molecular formula is C123H124N8O8. The molecule has 0 saturated carbocycles. The Balaban J connectivity index is 0.831. The Labute approximate surface area is 816 Å². The molecule has 16 heteroatoms. The van der Waals surface area contributed by atoms with E-state index in [1.54, 1.807) is 0 Å². The monoisotopic (exact) mass is 1840 g/mol. The number of allylic oxidation sites excluding steroid dienone is 4. The van der Waals surface area contributed by atoms with Crippen LogP contribution in [0.2, 0.25) is 0 Å². The maximum atomic E-state index is 7.35. The number of hydrogen-bond donors (Lipinski definition) is 4. The molecule has 11 heterocycles. The van der Waals surface area contributed by atoms with Gasteiger partial charge in [-0.3, -0.25) is 0 Å². The normalized spacial score (nSPS) is 14.2. The van der Waals surface area contributed by atoms with Gasteiger partial charge >= 0.3 is 0 Å². The third-order valence-electron chi connectivity index (χ3n) is 27.3. The van der Waals surface area contributed by atoms with E-state index in [1.165, 1.54) is 50.1 Å². The molecule has 6 aliphatic rings. The smallest absolute Gasteiger partial charge is 0.126 e. The molecular weight excluding hydrogens is 1720 g/mol. The zero-order chi connectivity index (χ0) is 95.4. The lowest BCUT2D eigenvalue weighted by Crippen LogP contribution is -2.15. The lowest BCUT2D eigenvalue weighted by molar-refractivity contribution is -0.00706. The number of para-hydroxylation sites is 2. The molecule has 0 fully saturated rings. The highest BCUT2D eigenvalue weighted by molar-refractivity contribution is 6.01. The second-order valence-electron chi connectivity index (χ2n) is 36.3. The summed E-state index contributed by atoms with van der Waals surface area (Å²) in [7, 11) is 0. The van der Waals surface area contributed by atoms with Crippen molar-refractivity contribution in [2.24, 2.45) is 0 Å². The Bertz CT molecular complexity index is 7330. The topological polar surface area (TPSA) is 189 Å². The van der Waals surface area contributed by atoms with Crippen LogP contribution in [0.3, 0.4) is 0 Å². The molecule has 6 aromatic heterocycles. The maximum absolute atomic E-state index is 7.35. The van der Waals surface area contributed by atoms with Crippen LogP contribution in [0.1, 0.15) is 248 Å². The molecule has 4 N–H and O–H groups in total. The van der Waals surface area contributed by atoms with Crippen LogP contribution >= 0.6 is 0 Å². The average molecular weight is 1840 g/mol. The number of benzene rings is 7. The van der Waals surface area contributed by atoms with E-state index in [0.29, 0.717) is 103 Å². The number of nitrogens with one attached hydrogen (secondary N) is 4. The predicted octanol–water partition coefficient (Wildman–Crippen LogP) is 27.2. The summed E-state index contributed by atoms with van der Waals surface area (Å²) in [6.45, 7) is 29.1. The van der Waals surface area contributed by atoms with Crippen LogP contribution in [0.25, 0.3) is 124 Å². The van der Waals surface area contributed by atoms with Crippen LogP contribution in [0.5, 0.6) is 23.0 Å². The molecule has 0 unspecified atom stereocenters. The van der Waals surface area contributed by atoms with Crippen molar-refractivity contribution in [1.29, 1.82) is 0 Å². The Morgan fingerprint density at radius 2 is 0.662 bits per heavy atom. The minimum Gasteiger partial charge on any atom is -0.493 e. The third kappa shape index (κ3) is 19.8. The van der Waals surface area contributed by atoms with Crippen molar-refractivity contribution in [1.82, 2.24) is 39.9 Å². The summed E-state index contributed by atoms with van der Waals surface area (Å²) in [6, 6.07) is 67.5. The summed E-state index contributed by atoms with van der Waals surface area (Å²) in [4.78, 5) is 38.7. The average Bonchev–Trinajstić information content (AvgIpc) is 1.71. The van der Waals surface area contributed by atoms with E-state index in [2.05, 4.69) is 332 Å². The summed E-state index contributed by atoms with van der Waals surface area (Å²) >= 11 is 0. The molecule has 0 atom stereocenters. The number of rotatable bonds is 17. The number of aromatic nitrogens is 8. The lowest BCUT2D eigenvalue weighted by atomic mass is 9.89. The Hall–Kier alpha value is -14.1. The number of nitrogens with zero attached hydrogens (tertiary/aromatic N) is 4. The van der Waals surface area contributed by atoms with Crippen molar-refractivity contribution in [3.63, 3.8) is 0 Å². The highest BCUT2D eigenvalue weighted by Crippen LogP contribution is 2.46. The van der Waals surface area contributed by atoms with Gasteiger partial charge in [-0.1, -0.05) is 220 Å². The zero-order valence-electron chi connectivity index (χ0n) is 82.1. The molecule has 0 spiro atoms. The van der Waals surface area contributed by atoms with Crippen LogP contribution in [-0.4, -0.2) is 119 Å². The van der Waals surface area contributed by atoms with Crippen LogP contribution in [0.4, 0.5) is 0 Å². The van der Waals surface area contributed by atoms with Crippen molar-refractivity contribution in [2.45, 2.75) is 166 Å². The highest BCUT2D eigenvalue weighted by Gasteiger charge is 2.30. The van der Waals surface area contributed by atoms with Gasteiger partial charge in [-0.15, -0.1) is 0 Å². The Morgan fingerprint density at radius 3 is 1.09 bits per heavy atom. The quantitative estimate of drug-likeness (QED) is 0.0633. The van der Waals surface area contributed by atoms with Gasteiger partial charge in [-0.05, 0) is 246 Å². The summed E-state index contributed by atoms with van der Waals surface area (Å²) in [5, 5.41) is 0. The molecule has 7 aromatic carbocycles. The summed E-state index contributed by atoms with van der Waals surface area (Å²) in [6.07, 6.45) is 18.3. The van der Waals surface area contributed by atoms with E-state index < -0.39 is 0 Å². The van der Waals surface area contributed by atoms with E-state index in [-0.39, 0.29) is 13.2 Å². The number of ether oxygens (including phenoxy) is 8. The molecule has 139 heavy (non-hydrogen) atoms. The Morgan fingerprint density at radius 1 is 0.302 bits per heavy atom. The SMILES string of the molecule is CCCOc1c2cc(C#Cc3c4nc(c(-c5ccccc5)c5ccc([nH]5)c(-c5ccc(C)cc5)c5nc(c(-c6ccccc6)c6ccc3[nH]6)C=C5)C=C4)cc1Cc1cccc3c1OCCOCCOCCOCCOCCOc1c(cccc1Cc1cc(C#Cc4c5nc(cc6[nH]c(cc7nc(cc8[nH]c4c(CC)c8CC)C(CC)=C7CC)c(CC)c6CC)C(CC)=C5CC)cc(c1OCCC)C3)C2. The largest absolute Gasteiger partial charge is 0.493 e. The van der Waals surface area contributed by atoms with E-state index in [9.17, 15) is 0 Å². The predicted molar refractivity (Wildman–Crippen MR) is 568 cm³/mol. The maximum Gasteiger partial charge on any atom is 0.126 e. The fourth-order valence-electron chi connectivity index (χ4n) is 20.9. The minimum atomic E-state index is 0.255. The standard InChI is InChI=1S/C123H124N8O8/c1-12-54-136-122-87-66-78(40-44-99-101-46-48-103(124-101)115(80-30-24-22-25-31-80)105-50-52-107(126-105)117(82-42-38-77(11)39-43-82)108-53-51-106(127-108)116(81-32-26-23-27-33-81)104-49-47-102(99)125-104)67-88(122)71-84-35-29-37-86-73-90-69-79(68-89(123(90)137-55-13-2)72-85-36-28-34-83(70-87)120(85)138-64-62-134-60-58-132-56-57-133-59-61-135-63-65-139-121(84)86)41-45-100-118-97(20-9)95(18-7)113(130-118)75-111-93(16-5)91(14-3)109(128-111)74-110-92(15-4)94(17-6)112(129-110)76-114-96(19-8)98(21-10)119(100)131-114/h22-39,42-43,46-53,66-69,74-76,124,127-128,131H,12-21,54-65,70-73H2,1-11H3. The first kappa shape index (κ1) is 93.9. The first-order valence-corrected chi connectivity index (χ1v) is 50.4. The van der Waals surface area contributed by atoms with E-state index in [0.717, 1.165) is 266 Å². The third-order valence-corrected chi connectivity index (χ3v) is 27.3. The van der Waals surface area contributed by atoms with Crippen LogP contribution < -0.4 is 18.9 Å². The first-order chi connectivity index (χ1) is 68.4. The van der Waals surface area contributed by atoms with Gasteiger partial charge < -0.3 is 57.8 Å². The number of hydrogen-bond acceptors (Lipinski definition) is 12. The van der Waals surface area contributed by atoms with Gasteiger partial charge in [0, 0.05) is 109 Å². The molecule has 5 aliphatic heterocycles. The minimum absolute atomic E-state index is 0.255. The van der Waals surface area contributed by atoms with Gasteiger partial charge in [0.05, 0.1) is 134 Å². The lowest BCUT2D eigenvalue weighted by Gasteiger charge is -2.23. The van der Waals surface area contributed by atoms with Crippen LogP contribution in [0.15, 0.2) is 188 Å². The fourth-order valence-corrected chi connectivity index (χ4v) is 20.9. The van der Waals surface area contributed by atoms with Gasteiger partial charge in [-0.2, -0.15) is 0 Å². The number of H-pyrrole nitrogens is 4. The summed E-state index contributed by atoms with van der Waals surface area (Å²) < 4.78 is 54.1. The Kier molecular flexibility index (Phi) is 29.2. The van der Waals surface area contributed by atoms with Crippen molar-refractivity contribution in [3.05, 3.63) is 328 Å². The number of aryl methyl sites for hydroxylation is 5. The number of aromatic amines is 4. The molecule has 704 valence electrons. The molecule has 0 amide bonds. The van der Waals surface area contributed by atoms with Gasteiger partial charge in [-0.25, -0.2) is 19.9 Å². The molecule has 13 aromatic rings. The number of fused-ring (bicyclic) bond motifs is 18. The fraction of sp³-hybridized carbons (Fsp3) is 0.301. The van der Waals surface area contributed by atoms with Crippen LogP contribution in [-0.2, 0) is 70.3 Å². The molecule has 0 radical (unpaired) electrons.